The van der Waals surface area contributed by atoms with Crippen LogP contribution < -0.4 is 10.0 Å². The number of hydrogen-bond donors (Lipinski definition) is 2. The number of nitrogens with zero attached hydrogens (tertiary/aromatic N) is 2. The Kier molecular flexibility index (Phi) is 6.36. The Hall–Kier alpha value is -3.14. The number of fused-ring (bicyclic) bond motifs is 1. The van der Waals surface area contributed by atoms with Crippen LogP contribution in [0.25, 0.3) is 11.0 Å². The van der Waals surface area contributed by atoms with Crippen LogP contribution in [0.1, 0.15) is 17.2 Å². The molecule has 0 aliphatic rings. The van der Waals surface area contributed by atoms with Crippen molar-refractivity contribution >= 4 is 38.7 Å². The molecule has 0 unspecified atom stereocenters. The van der Waals surface area contributed by atoms with Crippen LogP contribution >= 0.6 is 11.7 Å². The standard InChI is InChI=1S/C22H20N4O3S2/c27-22(23-15-14-16-8-3-1-4-9-16)20(17-10-5-2-6-11-17)26-31(28,29)19-13-7-12-18-21(19)25-30-24-18/h1-13,20,26H,14-15H2,(H,23,27)/t20-/m0/s1. The summed E-state index contributed by atoms with van der Waals surface area (Å²) < 4.78 is 37.1. The van der Waals surface area contributed by atoms with Gasteiger partial charge in [-0.05, 0) is 29.7 Å². The van der Waals surface area contributed by atoms with E-state index in [0.29, 0.717) is 24.0 Å². The van der Waals surface area contributed by atoms with Gasteiger partial charge >= 0.3 is 0 Å². The predicted octanol–water partition coefficient (Wildman–Crippen LogP) is 3.07. The maximum absolute atomic E-state index is 13.2. The Morgan fingerprint density at radius 2 is 1.61 bits per heavy atom. The lowest BCUT2D eigenvalue weighted by atomic mass is 10.1. The van der Waals surface area contributed by atoms with Gasteiger partial charge in [0.2, 0.25) is 15.9 Å². The highest BCUT2D eigenvalue weighted by Crippen LogP contribution is 2.23. The molecule has 0 aliphatic carbocycles. The van der Waals surface area contributed by atoms with E-state index in [1.54, 1.807) is 36.4 Å². The third-order valence-electron chi connectivity index (χ3n) is 4.76. The molecule has 7 nitrogen and oxygen atoms in total. The van der Waals surface area contributed by atoms with Crippen molar-refractivity contribution in [3.63, 3.8) is 0 Å². The third kappa shape index (κ3) is 4.96. The second-order valence-corrected chi connectivity index (χ2v) is 9.09. The van der Waals surface area contributed by atoms with Crippen molar-refractivity contribution < 1.29 is 13.2 Å². The number of amides is 1. The number of carbonyl (C=O) groups excluding carboxylic acids is 1. The summed E-state index contributed by atoms with van der Waals surface area (Å²) in [6.07, 6.45) is 0.643. The minimum absolute atomic E-state index is 0.00299. The van der Waals surface area contributed by atoms with Gasteiger partial charge in [0.25, 0.3) is 0 Å². The third-order valence-corrected chi connectivity index (χ3v) is 6.76. The molecule has 9 heteroatoms. The van der Waals surface area contributed by atoms with Crippen LogP contribution in [0.3, 0.4) is 0 Å². The Morgan fingerprint density at radius 1 is 0.903 bits per heavy atom. The first-order valence-corrected chi connectivity index (χ1v) is 11.9. The van der Waals surface area contributed by atoms with Gasteiger partial charge in [0.1, 0.15) is 22.0 Å². The molecular formula is C22H20N4O3S2. The van der Waals surface area contributed by atoms with Crippen molar-refractivity contribution in [3.05, 3.63) is 90.0 Å². The molecule has 2 N–H and O–H groups in total. The number of hydrogen-bond acceptors (Lipinski definition) is 6. The molecule has 0 saturated heterocycles. The van der Waals surface area contributed by atoms with Crippen molar-refractivity contribution in [2.24, 2.45) is 0 Å². The van der Waals surface area contributed by atoms with Gasteiger partial charge in [0.15, 0.2) is 0 Å². The molecule has 1 atom stereocenters. The summed E-state index contributed by atoms with van der Waals surface area (Å²) in [5.41, 5.74) is 2.42. The van der Waals surface area contributed by atoms with Gasteiger partial charge in [-0.25, -0.2) is 8.42 Å². The van der Waals surface area contributed by atoms with E-state index in [-0.39, 0.29) is 10.4 Å². The van der Waals surface area contributed by atoms with Crippen LogP contribution in [0.2, 0.25) is 0 Å². The fourth-order valence-corrected chi connectivity index (χ4v) is 5.16. The summed E-state index contributed by atoms with van der Waals surface area (Å²) in [6.45, 7) is 0.388. The highest BCUT2D eigenvalue weighted by molar-refractivity contribution is 7.89. The average Bonchev–Trinajstić information content (AvgIpc) is 3.27. The highest BCUT2D eigenvalue weighted by atomic mass is 32.2. The van der Waals surface area contributed by atoms with Gasteiger partial charge in [-0.3, -0.25) is 4.79 Å². The van der Waals surface area contributed by atoms with Crippen molar-refractivity contribution in [2.45, 2.75) is 17.4 Å². The number of rotatable bonds is 8. The number of aromatic nitrogens is 2. The van der Waals surface area contributed by atoms with Gasteiger partial charge in [0, 0.05) is 6.54 Å². The van der Waals surface area contributed by atoms with E-state index in [1.807, 2.05) is 36.4 Å². The summed E-state index contributed by atoms with van der Waals surface area (Å²) >= 11 is 0.942. The molecule has 4 rings (SSSR count). The molecule has 158 valence electrons. The van der Waals surface area contributed by atoms with Gasteiger partial charge < -0.3 is 5.32 Å². The van der Waals surface area contributed by atoms with Gasteiger partial charge in [-0.15, -0.1) is 0 Å². The Labute approximate surface area is 184 Å². The van der Waals surface area contributed by atoms with Crippen molar-refractivity contribution in [1.82, 2.24) is 18.8 Å². The van der Waals surface area contributed by atoms with Crippen LogP contribution in [-0.4, -0.2) is 29.6 Å². The van der Waals surface area contributed by atoms with Crippen LogP contribution in [0, 0.1) is 0 Å². The molecule has 0 radical (unpaired) electrons. The molecule has 0 spiro atoms. The number of benzene rings is 3. The molecule has 1 aromatic heterocycles. The molecule has 0 fully saturated rings. The van der Waals surface area contributed by atoms with E-state index >= 15 is 0 Å². The van der Waals surface area contributed by atoms with Crippen molar-refractivity contribution in [1.29, 1.82) is 0 Å². The Balaban J connectivity index is 1.56. The zero-order valence-electron chi connectivity index (χ0n) is 16.4. The quantitative estimate of drug-likeness (QED) is 0.428. The first kappa shape index (κ1) is 21.1. The lowest BCUT2D eigenvalue weighted by Gasteiger charge is -2.19. The van der Waals surface area contributed by atoms with E-state index in [9.17, 15) is 13.2 Å². The maximum atomic E-state index is 13.2. The molecule has 1 amide bonds. The number of nitrogens with one attached hydrogen (secondary N) is 2. The summed E-state index contributed by atoms with van der Waals surface area (Å²) in [4.78, 5) is 13.0. The topological polar surface area (TPSA) is 101 Å². The minimum Gasteiger partial charge on any atom is -0.354 e. The molecular weight excluding hydrogens is 432 g/mol. The van der Waals surface area contributed by atoms with E-state index in [4.69, 9.17) is 0 Å². The first-order valence-electron chi connectivity index (χ1n) is 9.65. The van der Waals surface area contributed by atoms with Crippen LogP contribution in [0.15, 0.2) is 83.8 Å². The monoisotopic (exact) mass is 452 g/mol. The molecule has 0 bridgehead atoms. The zero-order chi connectivity index (χ0) is 21.7. The molecule has 1 heterocycles. The van der Waals surface area contributed by atoms with Gasteiger partial charge in [-0.1, -0.05) is 66.7 Å². The summed E-state index contributed by atoms with van der Waals surface area (Å²) in [6, 6.07) is 22.2. The average molecular weight is 453 g/mol. The van der Waals surface area contributed by atoms with Crippen molar-refractivity contribution in [3.8, 4) is 0 Å². The Morgan fingerprint density at radius 3 is 2.35 bits per heavy atom. The smallest absolute Gasteiger partial charge is 0.243 e. The van der Waals surface area contributed by atoms with Crippen molar-refractivity contribution in [2.75, 3.05) is 6.54 Å². The molecule has 0 saturated carbocycles. The Bertz CT molecular complexity index is 1280. The fourth-order valence-electron chi connectivity index (χ4n) is 3.21. The SMILES string of the molecule is O=C(NCCc1ccccc1)[C@@H](NS(=O)(=O)c1cccc2nsnc12)c1ccccc1. The largest absolute Gasteiger partial charge is 0.354 e. The molecule has 4 aromatic rings. The zero-order valence-corrected chi connectivity index (χ0v) is 18.1. The van der Waals surface area contributed by atoms with Crippen LogP contribution in [0.5, 0.6) is 0 Å². The lowest BCUT2D eigenvalue weighted by molar-refractivity contribution is -0.122. The van der Waals surface area contributed by atoms with Gasteiger partial charge in [0.05, 0.1) is 11.7 Å². The summed E-state index contributed by atoms with van der Waals surface area (Å²) in [5, 5.41) is 2.84. The van der Waals surface area contributed by atoms with E-state index < -0.39 is 22.0 Å². The van der Waals surface area contributed by atoms with Crippen LogP contribution in [-0.2, 0) is 21.2 Å². The number of carbonyl (C=O) groups is 1. The summed E-state index contributed by atoms with van der Waals surface area (Å²) in [5.74, 6) is -0.422. The molecule has 3 aromatic carbocycles. The normalized spacial score (nSPS) is 12.5. The second-order valence-electron chi connectivity index (χ2n) is 6.88. The fraction of sp³-hybridized carbons (Fsp3) is 0.136. The predicted molar refractivity (Wildman–Crippen MR) is 120 cm³/mol. The van der Waals surface area contributed by atoms with E-state index in [1.165, 1.54) is 6.07 Å². The summed E-state index contributed by atoms with van der Waals surface area (Å²) in [7, 11) is -4.03. The first-order chi connectivity index (χ1) is 15.0. The molecule has 0 aliphatic heterocycles. The second kappa shape index (κ2) is 9.34. The van der Waals surface area contributed by atoms with Crippen LogP contribution in [0.4, 0.5) is 0 Å². The lowest BCUT2D eigenvalue weighted by Crippen LogP contribution is -2.41. The van der Waals surface area contributed by atoms with E-state index in [2.05, 4.69) is 18.8 Å². The van der Waals surface area contributed by atoms with E-state index in [0.717, 1.165) is 17.3 Å². The van der Waals surface area contributed by atoms with Gasteiger partial charge in [-0.2, -0.15) is 13.5 Å². The maximum Gasteiger partial charge on any atom is 0.243 e. The number of sulfonamides is 1. The molecule has 31 heavy (non-hydrogen) atoms. The minimum atomic E-state index is -4.03. The highest BCUT2D eigenvalue weighted by Gasteiger charge is 2.28.